The molecule has 15 heavy (non-hydrogen) atoms. The van der Waals surface area contributed by atoms with E-state index < -0.39 is 5.82 Å². The third-order valence-corrected chi connectivity index (χ3v) is 2.39. The molecule has 0 aliphatic rings. The van der Waals surface area contributed by atoms with E-state index in [1.54, 1.807) is 24.4 Å². The first-order valence-corrected chi connectivity index (χ1v) is 4.76. The van der Waals surface area contributed by atoms with Crippen molar-refractivity contribution in [3.05, 3.63) is 46.9 Å². The molecule has 0 spiro atoms. The molecule has 0 saturated carbocycles. The fourth-order valence-corrected chi connectivity index (χ4v) is 1.50. The topological polar surface area (TPSA) is 43.8 Å². The Morgan fingerprint density at radius 1 is 1.40 bits per heavy atom. The summed E-state index contributed by atoms with van der Waals surface area (Å²) in [6.07, 6.45) is 1.57. The number of hydrogen-bond donors (Lipinski definition) is 1. The van der Waals surface area contributed by atoms with E-state index in [9.17, 15) is 4.39 Å². The van der Waals surface area contributed by atoms with Crippen LogP contribution < -0.4 is 5.73 Å². The third kappa shape index (κ3) is 1.94. The summed E-state index contributed by atoms with van der Waals surface area (Å²) in [6.45, 7) is 0.283. The van der Waals surface area contributed by atoms with E-state index in [4.69, 9.17) is 17.3 Å². The van der Waals surface area contributed by atoms with Crippen molar-refractivity contribution in [2.75, 3.05) is 5.73 Å². The van der Waals surface area contributed by atoms with E-state index in [2.05, 4.69) is 5.10 Å². The van der Waals surface area contributed by atoms with Crippen LogP contribution in [0.15, 0.2) is 30.5 Å². The first-order valence-electron chi connectivity index (χ1n) is 4.38. The van der Waals surface area contributed by atoms with Gasteiger partial charge in [-0.15, -0.1) is 0 Å². The van der Waals surface area contributed by atoms with Gasteiger partial charge in [0.1, 0.15) is 11.6 Å². The van der Waals surface area contributed by atoms with Crippen LogP contribution in [-0.2, 0) is 6.54 Å². The highest BCUT2D eigenvalue weighted by atomic mass is 35.5. The van der Waals surface area contributed by atoms with Crippen LogP contribution in [0.5, 0.6) is 0 Å². The van der Waals surface area contributed by atoms with E-state index in [1.165, 1.54) is 10.7 Å². The van der Waals surface area contributed by atoms with Crippen molar-refractivity contribution in [2.24, 2.45) is 0 Å². The molecule has 5 heteroatoms. The lowest BCUT2D eigenvalue weighted by molar-refractivity contribution is 0.588. The molecule has 0 aliphatic carbocycles. The molecule has 1 aromatic heterocycles. The minimum atomic E-state index is -0.422. The van der Waals surface area contributed by atoms with E-state index >= 15 is 0 Å². The Labute approximate surface area is 91.3 Å². The van der Waals surface area contributed by atoms with Crippen LogP contribution in [0.3, 0.4) is 0 Å². The number of rotatable bonds is 2. The molecule has 0 radical (unpaired) electrons. The molecule has 0 bridgehead atoms. The lowest BCUT2D eigenvalue weighted by Crippen LogP contribution is -2.07. The molecule has 0 amide bonds. The maximum atomic E-state index is 13.5. The minimum absolute atomic E-state index is 0.109. The molecule has 2 N–H and O–H groups in total. The highest BCUT2D eigenvalue weighted by Crippen LogP contribution is 2.19. The van der Waals surface area contributed by atoms with Crippen LogP contribution in [0, 0.1) is 5.82 Å². The first kappa shape index (κ1) is 9.98. The quantitative estimate of drug-likeness (QED) is 0.853. The van der Waals surface area contributed by atoms with Crippen molar-refractivity contribution in [2.45, 2.75) is 6.54 Å². The average molecular weight is 226 g/mol. The van der Waals surface area contributed by atoms with Gasteiger partial charge in [0.15, 0.2) is 0 Å². The lowest BCUT2D eigenvalue weighted by atomic mass is 10.2. The van der Waals surface area contributed by atoms with Gasteiger partial charge in [-0.05, 0) is 12.1 Å². The molecule has 3 nitrogen and oxygen atoms in total. The van der Waals surface area contributed by atoms with Gasteiger partial charge >= 0.3 is 0 Å². The zero-order valence-electron chi connectivity index (χ0n) is 7.82. The third-order valence-electron chi connectivity index (χ3n) is 2.10. The second kappa shape index (κ2) is 3.90. The number of anilines is 1. The smallest absolute Gasteiger partial charge is 0.146 e. The second-order valence-electron chi connectivity index (χ2n) is 3.13. The number of nitrogen functional groups attached to an aromatic ring is 1. The van der Waals surface area contributed by atoms with E-state index in [0.717, 1.165) is 0 Å². The maximum Gasteiger partial charge on any atom is 0.146 e. The SMILES string of the molecule is Nc1ccnn1Cc1cccc(Cl)c1F. The molecule has 0 atom stereocenters. The summed E-state index contributed by atoms with van der Waals surface area (Å²) in [5.41, 5.74) is 6.09. The number of halogens is 2. The molecule has 1 aromatic carbocycles. The predicted molar refractivity (Wildman–Crippen MR) is 57.2 cm³/mol. The minimum Gasteiger partial charge on any atom is -0.384 e. The van der Waals surface area contributed by atoms with Crippen molar-refractivity contribution in [3.8, 4) is 0 Å². The van der Waals surface area contributed by atoms with Gasteiger partial charge in [-0.25, -0.2) is 9.07 Å². The van der Waals surface area contributed by atoms with Crippen LogP contribution in [0.1, 0.15) is 5.56 Å². The molecule has 2 aromatic rings. The summed E-state index contributed by atoms with van der Waals surface area (Å²) in [6, 6.07) is 6.51. The Hall–Kier alpha value is -1.55. The van der Waals surface area contributed by atoms with Crippen LogP contribution in [0.25, 0.3) is 0 Å². The number of aromatic nitrogens is 2. The fraction of sp³-hybridized carbons (Fsp3) is 0.100. The van der Waals surface area contributed by atoms with Crippen molar-refractivity contribution in [3.63, 3.8) is 0 Å². The Bertz CT molecular complexity index is 481. The number of nitrogens with two attached hydrogens (primary N) is 1. The molecule has 0 saturated heterocycles. The molecule has 0 fully saturated rings. The molecule has 1 heterocycles. The highest BCUT2D eigenvalue weighted by Gasteiger charge is 2.07. The van der Waals surface area contributed by atoms with Gasteiger partial charge in [-0.1, -0.05) is 23.7 Å². The average Bonchev–Trinajstić information content (AvgIpc) is 2.60. The van der Waals surface area contributed by atoms with Crippen LogP contribution in [0.4, 0.5) is 10.2 Å². The van der Waals surface area contributed by atoms with Crippen molar-refractivity contribution in [1.82, 2.24) is 9.78 Å². The van der Waals surface area contributed by atoms with Gasteiger partial charge in [-0.3, -0.25) is 0 Å². The number of hydrogen-bond acceptors (Lipinski definition) is 2. The van der Waals surface area contributed by atoms with Crippen molar-refractivity contribution < 1.29 is 4.39 Å². The highest BCUT2D eigenvalue weighted by molar-refractivity contribution is 6.30. The summed E-state index contributed by atoms with van der Waals surface area (Å²) < 4.78 is 15.0. The van der Waals surface area contributed by atoms with E-state index in [0.29, 0.717) is 11.4 Å². The van der Waals surface area contributed by atoms with E-state index in [1.807, 2.05) is 0 Å². The molecule has 2 rings (SSSR count). The standard InChI is InChI=1S/C10H9ClFN3/c11-8-3-1-2-7(10(8)12)6-15-9(13)4-5-14-15/h1-5H,6,13H2. The molecular weight excluding hydrogens is 217 g/mol. The Morgan fingerprint density at radius 2 is 2.20 bits per heavy atom. The zero-order chi connectivity index (χ0) is 10.8. The molecule has 0 aliphatic heterocycles. The van der Waals surface area contributed by atoms with Crippen molar-refractivity contribution >= 4 is 17.4 Å². The lowest BCUT2D eigenvalue weighted by Gasteiger charge is -2.06. The van der Waals surface area contributed by atoms with Crippen LogP contribution in [0.2, 0.25) is 5.02 Å². The van der Waals surface area contributed by atoms with Gasteiger partial charge in [0.2, 0.25) is 0 Å². The van der Waals surface area contributed by atoms with Crippen LogP contribution in [-0.4, -0.2) is 9.78 Å². The molecular formula is C10H9ClFN3. The fourth-order valence-electron chi connectivity index (χ4n) is 1.31. The largest absolute Gasteiger partial charge is 0.384 e. The van der Waals surface area contributed by atoms with Crippen LogP contribution >= 0.6 is 11.6 Å². The summed E-state index contributed by atoms with van der Waals surface area (Å²) >= 11 is 5.66. The Kier molecular flexibility index (Phi) is 2.60. The number of nitrogens with zero attached hydrogens (tertiary/aromatic N) is 2. The van der Waals surface area contributed by atoms with Gasteiger partial charge in [0.25, 0.3) is 0 Å². The van der Waals surface area contributed by atoms with Gasteiger partial charge < -0.3 is 5.73 Å². The summed E-state index contributed by atoms with van der Waals surface area (Å²) in [4.78, 5) is 0. The summed E-state index contributed by atoms with van der Waals surface area (Å²) in [5, 5.41) is 4.07. The summed E-state index contributed by atoms with van der Waals surface area (Å²) in [7, 11) is 0. The predicted octanol–water partition coefficient (Wildman–Crippen LogP) is 2.31. The maximum absolute atomic E-state index is 13.5. The first-order chi connectivity index (χ1) is 7.18. The summed E-state index contributed by atoms with van der Waals surface area (Å²) in [5.74, 6) is 0.0726. The van der Waals surface area contributed by atoms with E-state index in [-0.39, 0.29) is 11.6 Å². The Morgan fingerprint density at radius 3 is 2.87 bits per heavy atom. The van der Waals surface area contributed by atoms with Gasteiger partial charge in [0.05, 0.1) is 17.8 Å². The Balaban J connectivity index is 2.33. The monoisotopic (exact) mass is 225 g/mol. The van der Waals surface area contributed by atoms with Crippen molar-refractivity contribution in [1.29, 1.82) is 0 Å². The zero-order valence-corrected chi connectivity index (χ0v) is 8.58. The molecule has 0 unspecified atom stereocenters. The van der Waals surface area contributed by atoms with Gasteiger partial charge in [0, 0.05) is 5.56 Å². The molecule has 78 valence electrons. The number of benzene rings is 1. The van der Waals surface area contributed by atoms with Gasteiger partial charge in [-0.2, -0.15) is 5.10 Å². The second-order valence-corrected chi connectivity index (χ2v) is 3.53. The normalized spacial score (nSPS) is 10.5.